The summed E-state index contributed by atoms with van der Waals surface area (Å²) in [5.74, 6) is 0.0847. The van der Waals surface area contributed by atoms with Crippen LogP contribution in [0.3, 0.4) is 0 Å². The van der Waals surface area contributed by atoms with E-state index in [-0.39, 0.29) is 22.8 Å². The summed E-state index contributed by atoms with van der Waals surface area (Å²) in [5, 5.41) is 4.45. The number of allylic oxidation sites excluding steroid dienone is 1. The number of benzene rings is 1. The average Bonchev–Trinajstić information content (AvgIpc) is 2.55. The number of hydrogen-bond acceptors (Lipinski definition) is 4. The Morgan fingerprint density at radius 1 is 1.48 bits per heavy atom. The van der Waals surface area contributed by atoms with Gasteiger partial charge in [0.2, 0.25) is 5.91 Å². The monoisotopic (exact) mass is 379 g/mol. The van der Waals surface area contributed by atoms with Crippen LogP contribution in [0.4, 0.5) is 0 Å². The van der Waals surface area contributed by atoms with Gasteiger partial charge in [-0.15, -0.1) is 6.58 Å². The van der Waals surface area contributed by atoms with E-state index in [1.807, 2.05) is 20.8 Å². The molecule has 25 heavy (non-hydrogen) atoms. The van der Waals surface area contributed by atoms with Crippen LogP contribution in [0.15, 0.2) is 40.8 Å². The highest BCUT2D eigenvalue weighted by molar-refractivity contribution is 7.99. The van der Waals surface area contributed by atoms with Crippen molar-refractivity contribution in [1.29, 1.82) is 0 Å². The van der Waals surface area contributed by atoms with Crippen molar-refractivity contribution in [1.82, 2.24) is 14.9 Å². The minimum atomic E-state index is -0.261. The molecule has 0 spiro atoms. The lowest BCUT2D eigenvalue weighted by molar-refractivity contribution is -0.120. The van der Waals surface area contributed by atoms with Gasteiger partial charge in [-0.3, -0.25) is 14.2 Å². The minimum absolute atomic E-state index is 0.0950. The molecular weight excluding hydrogens is 358 g/mol. The van der Waals surface area contributed by atoms with E-state index in [9.17, 15) is 9.59 Å². The number of amides is 1. The molecule has 1 aromatic carbocycles. The number of rotatable bonds is 7. The van der Waals surface area contributed by atoms with Gasteiger partial charge in [-0.25, -0.2) is 4.98 Å². The van der Waals surface area contributed by atoms with Crippen LogP contribution in [0.5, 0.6) is 0 Å². The molecule has 2 aromatic rings. The maximum Gasteiger partial charge on any atom is 0.262 e. The number of nitrogens with one attached hydrogen (secondary N) is 1. The van der Waals surface area contributed by atoms with E-state index in [0.29, 0.717) is 27.6 Å². The smallest absolute Gasteiger partial charge is 0.262 e. The molecule has 0 aliphatic heterocycles. The van der Waals surface area contributed by atoms with Gasteiger partial charge in [0.25, 0.3) is 5.56 Å². The molecule has 1 amide bonds. The third-order valence-electron chi connectivity index (χ3n) is 3.89. The summed E-state index contributed by atoms with van der Waals surface area (Å²) >= 11 is 7.23. The molecule has 0 unspecified atom stereocenters. The third-order valence-corrected chi connectivity index (χ3v) is 5.10. The highest BCUT2D eigenvalue weighted by atomic mass is 35.5. The molecule has 7 heteroatoms. The van der Waals surface area contributed by atoms with E-state index >= 15 is 0 Å². The third kappa shape index (κ3) is 4.86. The number of thioether (sulfide) groups is 1. The molecule has 0 aliphatic rings. The highest BCUT2D eigenvalue weighted by Gasteiger charge is 2.19. The Morgan fingerprint density at radius 2 is 2.20 bits per heavy atom. The van der Waals surface area contributed by atoms with Crippen LogP contribution in [-0.4, -0.2) is 26.8 Å². The van der Waals surface area contributed by atoms with Gasteiger partial charge in [-0.2, -0.15) is 0 Å². The van der Waals surface area contributed by atoms with Crippen molar-refractivity contribution in [2.75, 3.05) is 5.75 Å². The fraction of sp³-hybridized carbons (Fsp3) is 0.389. The summed E-state index contributed by atoms with van der Waals surface area (Å²) in [6.07, 6.45) is 2.46. The van der Waals surface area contributed by atoms with Crippen molar-refractivity contribution in [3.63, 3.8) is 0 Å². The van der Waals surface area contributed by atoms with Crippen molar-refractivity contribution in [3.05, 3.63) is 46.2 Å². The zero-order valence-electron chi connectivity index (χ0n) is 14.6. The fourth-order valence-electron chi connectivity index (χ4n) is 2.21. The number of carbonyl (C=O) groups excluding carboxylic acids is 1. The number of aromatic nitrogens is 2. The highest BCUT2D eigenvalue weighted by Crippen LogP contribution is 2.20. The largest absolute Gasteiger partial charge is 0.351 e. The van der Waals surface area contributed by atoms with Gasteiger partial charge in [0.1, 0.15) is 0 Å². The van der Waals surface area contributed by atoms with Crippen LogP contribution in [0, 0.1) is 0 Å². The average molecular weight is 380 g/mol. The topological polar surface area (TPSA) is 64.0 Å². The maximum absolute atomic E-state index is 12.7. The summed E-state index contributed by atoms with van der Waals surface area (Å²) in [7, 11) is 0. The Bertz CT molecular complexity index is 861. The maximum atomic E-state index is 12.7. The van der Waals surface area contributed by atoms with Crippen molar-refractivity contribution >= 4 is 40.2 Å². The summed E-state index contributed by atoms with van der Waals surface area (Å²) in [5.41, 5.74) is 0.0935. The Balaban J connectivity index is 2.32. The normalized spacial score (nSPS) is 11.5. The molecule has 1 N–H and O–H groups in total. The molecule has 134 valence electrons. The van der Waals surface area contributed by atoms with Crippen LogP contribution in [0.1, 0.15) is 27.2 Å². The Morgan fingerprint density at radius 3 is 2.84 bits per heavy atom. The molecule has 0 radical (unpaired) electrons. The van der Waals surface area contributed by atoms with Gasteiger partial charge >= 0.3 is 0 Å². The van der Waals surface area contributed by atoms with E-state index in [1.54, 1.807) is 24.3 Å². The molecule has 1 aromatic heterocycles. The number of halogens is 1. The van der Waals surface area contributed by atoms with E-state index in [0.717, 1.165) is 6.42 Å². The van der Waals surface area contributed by atoms with Crippen LogP contribution >= 0.6 is 23.4 Å². The first-order valence-electron chi connectivity index (χ1n) is 8.02. The van der Waals surface area contributed by atoms with Crippen molar-refractivity contribution < 1.29 is 4.79 Å². The van der Waals surface area contributed by atoms with Crippen LogP contribution in [0.25, 0.3) is 10.9 Å². The second-order valence-corrected chi connectivity index (χ2v) is 7.71. The van der Waals surface area contributed by atoms with Gasteiger partial charge in [0.05, 0.1) is 16.7 Å². The lowest BCUT2D eigenvalue weighted by Gasteiger charge is -2.24. The van der Waals surface area contributed by atoms with Crippen LogP contribution < -0.4 is 10.9 Å². The molecule has 0 aliphatic carbocycles. The summed E-state index contributed by atoms with van der Waals surface area (Å²) in [6, 6.07) is 4.98. The van der Waals surface area contributed by atoms with Gasteiger partial charge in [0, 0.05) is 17.1 Å². The van der Waals surface area contributed by atoms with Crippen molar-refractivity contribution in [2.24, 2.45) is 0 Å². The van der Waals surface area contributed by atoms with Gasteiger partial charge < -0.3 is 5.32 Å². The predicted octanol–water partition coefficient (Wildman–Crippen LogP) is 3.63. The number of fused-ring (bicyclic) bond motifs is 1. The molecular formula is C18H22ClN3O2S. The minimum Gasteiger partial charge on any atom is -0.351 e. The van der Waals surface area contributed by atoms with Crippen molar-refractivity contribution in [2.45, 2.75) is 44.4 Å². The van der Waals surface area contributed by atoms with Crippen molar-refractivity contribution in [3.8, 4) is 0 Å². The van der Waals surface area contributed by atoms with Crippen LogP contribution in [0.2, 0.25) is 5.02 Å². The van der Waals surface area contributed by atoms with E-state index in [2.05, 4.69) is 16.9 Å². The molecule has 0 saturated heterocycles. The standard InChI is InChI=1S/C18H22ClN3O2S/c1-5-9-22-16(24)13-8-7-12(19)10-14(13)20-17(22)25-11-15(23)21-18(3,4)6-2/h5,7-8,10H,1,6,9,11H2,2-4H3,(H,21,23). The number of carbonyl (C=O) groups is 1. The van der Waals surface area contributed by atoms with E-state index in [4.69, 9.17) is 11.6 Å². The summed E-state index contributed by atoms with van der Waals surface area (Å²) in [6.45, 7) is 9.98. The van der Waals surface area contributed by atoms with E-state index < -0.39 is 0 Å². The molecule has 1 heterocycles. The van der Waals surface area contributed by atoms with E-state index in [1.165, 1.54) is 16.3 Å². The molecule has 2 rings (SSSR count). The summed E-state index contributed by atoms with van der Waals surface area (Å²) in [4.78, 5) is 29.4. The molecule has 0 saturated carbocycles. The molecule has 0 fully saturated rings. The first kappa shape index (κ1) is 19.5. The molecule has 0 atom stereocenters. The SMILES string of the molecule is C=CCn1c(SCC(=O)NC(C)(C)CC)nc2cc(Cl)ccc2c1=O. The summed E-state index contributed by atoms with van der Waals surface area (Å²) < 4.78 is 1.52. The second kappa shape index (κ2) is 8.06. The van der Waals surface area contributed by atoms with Gasteiger partial charge in [-0.05, 0) is 38.5 Å². The quantitative estimate of drug-likeness (QED) is 0.453. The predicted molar refractivity (Wildman–Crippen MR) is 104 cm³/mol. The van der Waals surface area contributed by atoms with Gasteiger partial charge in [-0.1, -0.05) is 36.4 Å². The first-order chi connectivity index (χ1) is 11.8. The van der Waals surface area contributed by atoms with Gasteiger partial charge in [0.15, 0.2) is 5.16 Å². The Kier molecular flexibility index (Phi) is 6.30. The zero-order chi connectivity index (χ0) is 18.6. The molecule has 5 nitrogen and oxygen atoms in total. The first-order valence-corrected chi connectivity index (χ1v) is 9.38. The number of nitrogens with zero attached hydrogens (tertiary/aromatic N) is 2. The fourth-order valence-corrected chi connectivity index (χ4v) is 3.18. The lowest BCUT2D eigenvalue weighted by Crippen LogP contribution is -2.43. The Hall–Kier alpha value is -1.79. The lowest BCUT2D eigenvalue weighted by atomic mass is 10.0. The molecule has 0 bridgehead atoms. The van der Waals surface area contributed by atoms with Crippen LogP contribution in [-0.2, 0) is 11.3 Å². The Labute approximate surface area is 156 Å². The zero-order valence-corrected chi connectivity index (χ0v) is 16.2. The second-order valence-electron chi connectivity index (χ2n) is 6.33. The number of hydrogen-bond donors (Lipinski definition) is 1.